The van der Waals surface area contributed by atoms with E-state index in [-0.39, 0.29) is 17.8 Å². The van der Waals surface area contributed by atoms with Crippen LogP contribution in [0.5, 0.6) is 0 Å². The SMILES string of the molecule is O=C(NCC(O)c1ccc(F)cc1)c1n[nH]c(=O)c2ccccc12. The number of aromatic nitrogens is 2. The molecule has 0 aliphatic carbocycles. The summed E-state index contributed by atoms with van der Waals surface area (Å²) in [6.45, 7) is -0.0698. The minimum Gasteiger partial charge on any atom is -0.387 e. The number of aliphatic hydroxyl groups is 1. The van der Waals surface area contributed by atoms with Crippen LogP contribution in [0, 0.1) is 5.82 Å². The van der Waals surface area contributed by atoms with E-state index in [1.165, 1.54) is 24.3 Å². The molecule has 0 saturated carbocycles. The topological polar surface area (TPSA) is 95.1 Å². The number of halogens is 1. The van der Waals surface area contributed by atoms with Crippen LogP contribution in [0.2, 0.25) is 0 Å². The van der Waals surface area contributed by atoms with Crippen molar-refractivity contribution in [1.82, 2.24) is 15.5 Å². The highest BCUT2D eigenvalue weighted by Gasteiger charge is 2.15. The second kappa shape index (κ2) is 6.59. The van der Waals surface area contributed by atoms with Crippen LogP contribution in [0.1, 0.15) is 22.2 Å². The molecule has 0 saturated heterocycles. The van der Waals surface area contributed by atoms with Gasteiger partial charge in [-0.15, -0.1) is 0 Å². The average molecular weight is 327 g/mol. The lowest BCUT2D eigenvalue weighted by atomic mass is 10.1. The molecule has 1 atom stereocenters. The summed E-state index contributed by atoms with van der Waals surface area (Å²) in [5.41, 5.74) is 0.168. The van der Waals surface area contributed by atoms with Crippen molar-refractivity contribution in [2.75, 3.05) is 6.54 Å². The van der Waals surface area contributed by atoms with Crippen LogP contribution in [-0.4, -0.2) is 27.8 Å². The zero-order chi connectivity index (χ0) is 17.1. The number of fused-ring (bicyclic) bond motifs is 1. The number of carbonyl (C=O) groups excluding carboxylic acids is 1. The maximum Gasteiger partial charge on any atom is 0.272 e. The predicted octanol–water partition coefficient (Wildman–Crippen LogP) is 1.53. The normalized spacial score (nSPS) is 12.1. The molecule has 0 fully saturated rings. The number of hydrogen-bond donors (Lipinski definition) is 3. The first kappa shape index (κ1) is 15.8. The lowest BCUT2D eigenvalue weighted by Crippen LogP contribution is -2.30. The molecule has 1 amide bonds. The van der Waals surface area contributed by atoms with Crippen LogP contribution >= 0.6 is 0 Å². The number of H-pyrrole nitrogens is 1. The maximum atomic E-state index is 12.9. The second-order valence-corrected chi connectivity index (χ2v) is 5.22. The van der Waals surface area contributed by atoms with E-state index in [0.29, 0.717) is 16.3 Å². The fraction of sp³-hybridized carbons (Fsp3) is 0.118. The van der Waals surface area contributed by atoms with Crippen LogP contribution in [-0.2, 0) is 0 Å². The Labute approximate surface area is 136 Å². The van der Waals surface area contributed by atoms with E-state index in [0.717, 1.165) is 0 Å². The highest BCUT2D eigenvalue weighted by atomic mass is 19.1. The molecule has 2 aromatic carbocycles. The number of benzene rings is 2. The number of aliphatic hydroxyl groups excluding tert-OH is 1. The Morgan fingerprint density at radius 2 is 1.83 bits per heavy atom. The molecule has 0 aliphatic heterocycles. The maximum absolute atomic E-state index is 12.9. The molecule has 122 valence electrons. The van der Waals surface area contributed by atoms with Crippen molar-refractivity contribution in [3.05, 3.63) is 76.0 Å². The molecule has 3 aromatic rings. The molecule has 3 rings (SSSR count). The quantitative estimate of drug-likeness (QED) is 0.677. The molecule has 24 heavy (non-hydrogen) atoms. The van der Waals surface area contributed by atoms with E-state index in [4.69, 9.17) is 0 Å². The summed E-state index contributed by atoms with van der Waals surface area (Å²) in [6, 6.07) is 12.0. The summed E-state index contributed by atoms with van der Waals surface area (Å²) in [7, 11) is 0. The molecular weight excluding hydrogens is 313 g/mol. The fourth-order valence-corrected chi connectivity index (χ4v) is 2.36. The third-order valence-corrected chi connectivity index (χ3v) is 3.62. The zero-order valence-corrected chi connectivity index (χ0v) is 12.5. The molecule has 0 bridgehead atoms. The summed E-state index contributed by atoms with van der Waals surface area (Å²) in [4.78, 5) is 24.0. The summed E-state index contributed by atoms with van der Waals surface area (Å²) >= 11 is 0. The molecule has 0 radical (unpaired) electrons. The largest absolute Gasteiger partial charge is 0.387 e. The summed E-state index contributed by atoms with van der Waals surface area (Å²) < 4.78 is 12.9. The van der Waals surface area contributed by atoms with E-state index < -0.39 is 17.8 Å². The van der Waals surface area contributed by atoms with Gasteiger partial charge in [0.25, 0.3) is 11.5 Å². The third-order valence-electron chi connectivity index (χ3n) is 3.62. The van der Waals surface area contributed by atoms with E-state index in [1.54, 1.807) is 24.3 Å². The molecule has 0 spiro atoms. The number of hydrogen-bond acceptors (Lipinski definition) is 4. The monoisotopic (exact) mass is 327 g/mol. The van der Waals surface area contributed by atoms with Gasteiger partial charge in [-0.3, -0.25) is 9.59 Å². The Morgan fingerprint density at radius 3 is 2.54 bits per heavy atom. The van der Waals surface area contributed by atoms with Gasteiger partial charge >= 0.3 is 0 Å². The van der Waals surface area contributed by atoms with Crippen LogP contribution in [0.15, 0.2) is 53.3 Å². The Balaban J connectivity index is 1.77. The number of amides is 1. The van der Waals surface area contributed by atoms with Crippen LogP contribution in [0.25, 0.3) is 10.8 Å². The highest BCUT2D eigenvalue weighted by molar-refractivity contribution is 6.04. The van der Waals surface area contributed by atoms with Gasteiger partial charge < -0.3 is 10.4 Å². The number of carbonyl (C=O) groups is 1. The highest BCUT2D eigenvalue weighted by Crippen LogP contribution is 2.14. The van der Waals surface area contributed by atoms with E-state index >= 15 is 0 Å². The number of rotatable bonds is 4. The minimum atomic E-state index is -0.983. The van der Waals surface area contributed by atoms with Crippen molar-refractivity contribution < 1.29 is 14.3 Å². The van der Waals surface area contributed by atoms with Gasteiger partial charge in [-0.05, 0) is 23.8 Å². The summed E-state index contributed by atoms with van der Waals surface area (Å²) in [5, 5.41) is 19.5. The van der Waals surface area contributed by atoms with Crippen molar-refractivity contribution in [2.45, 2.75) is 6.10 Å². The first-order valence-electron chi connectivity index (χ1n) is 7.25. The Morgan fingerprint density at radius 1 is 1.17 bits per heavy atom. The lowest BCUT2D eigenvalue weighted by Gasteiger charge is -2.12. The van der Waals surface area contributed by atoms with Crippen molar-refractivity contribution in [1.29, 1.82) is 0 Å². The number of aromatic amines is 1. The smallest absolute Gasteiger partial charge is 0.272 e. The van der Waals surface area contributed by atoms with E-state index in [9.17, 15) is 19.1 Å². The van der Waals surface area contributed by atoms with Crippen molar-refractivity contribution in [2.24, 2.45) is 0 Å². The van der Waals surface area contributed by atoms with Gasteiger partial charge in [0.05, 0.1) is 11.5 Å². The van der Waals surface area contributed by atoms with Crippen molar-refractivity contribution >= 4 is 16.7 Å². The van der Waals surface area contributed by atoms with Gasteiger partial charge in [-0.2, -0.15) is 5.10 Å². The van der Waals surface area contributed by atoms with Crippen LogP contribution < -0.4 is 10.9 Å². The summed E-state index contributed by atoms with van der Waals surface area (Å²) in [5.74, 6) is -0.928. The number of nitrogens with zero attached hydrogens (tertiary/aromatic N) is 1. The molecule has 1 unspecified atom stereocenters. The van der Waals surface area contributed by atoms with Crippen LogP contribution in [0.3, 0.4) is 0 Å². The molecule has 6 nitrogen and oxygen atoms in total. The lowest BCUT2D eigenvalue weighted by molar-refractivity contribution is 0.0912. The van der Waals surface area contributed by atoms with Crippen LogP contribution in [0.4, 0.5) is 4.39 Å². The standard InChI is InChI=1S/C17H14FN3O3/c18-11-7-5-10(6-8-11)14(22)9-19-17(24)15-12-3-1-2-4-13(12)16(23)21-20-15/h1-8,14,22H,9H2,(H,19,24)(H,21,23). The molecule has 1 heterocycles. The third kappa shape index (κ3) is 3.16. The molecule has 0 aliphatic rings. The average Bonchev–Trinajstić information content (AvgIpc) is 2.60. The first-order chi connectivity index (χ1) is 11.6. The van der Waals surface area contributed by atoms with Gasteiger partial charge in [-0.1, -0.05) is 30.3 Å². The van der Waals surface area contributed by atoms with Crippen molar-refractivity contribution in [3.8, 4) is 0 Å². The van der Waals surface area contributed by atoms with Crippen molar-refractivity contribution in [3.63, 3.8) is 0 Å². The van der Waals surface area contributed by atoms with Gasteiger partial charge in [0.15, 0.2) is 5.69 Å². The first-order valence-corrected chi connectivity index (χ1v) is 7.25. The minimum absolute atomic E-state index is 0.0662. The van der Waals surface area contributed by atoms with E-state index in [2.05, 4.69) is 15.5 Å². The zero-order valence-electron chi connectivity index (χ0n) is 12.5. The van der Waals surface area contributed by atoms with Gasteiger partial charge in [0.1, 0.15) is 5.82 Å². The molecule has 7 heteroatoms. The van der Waals surface area contributed by atoms with Gasteiger partial charge in [0.2, 0.25) is 0 Å². The van der Waals surface area contributed by atoms with Gasteiger partial charge in [0, 0.05) is 11.9 Å². The van der Waals surface area contributed by atoms with Gasteiger partial charge in [-0.25, -0.2) is 9.49 Å². The predicted molar refractivity (Wildman–Crippen MR) is 86.1 cm³/mol. The Hall–Kier alpha value is -3.06. The fourth-order valence-electron chi connectivity index (χ4n) is 2.36. The second-order valence-electron chi connectivity index (χ2n) is 5.22. The molecule has 3 N–H and O–H groups in total. The molecule has 1 aromatic heterocycles. The summed E-state index contributed by atoms with van der Waals surface area (Å²) in [6.07, 6.45) is -0.983. The number of nitrogens with one attached hydrogen (secondary N) is 2. The Kier molecular flexibility index (Phi) is 4.35. The van der Waals surface area contributed by atoms with E-state index in [1.807, 2.05) is 0 Å². The Bertz CT molecular complexity index is 938. The molecular formula is C17H14FN3O3.